The normalized spacial score (nSPS) is 11.6. The Labute approximate surface area is 112 Å². The van der Waals surface area contributed by atoms with Crippen LogP contribution in [0.4, 0.5) is 14.5 Å². The second-order valence-electron chi connectivity index (χ2n) is 4.95. The molecule has 19 heavy (non-hydrogen) atoms. The Morgan fingerprint density at radius 1 is 0.895 bits per heavy atom. The summed E-state index contributed by atoms with van der Waals surface area (Å²) in [6.07, 6.45) is 0. The van der Waals surface area contributed by atoms with Gasteiger partial charge in [0.05, 0.1) is 0 Å². The topological polar surface area (TPSA) is 26.0 Å². The molecule has 0 bridgehead atoms. The van der Waals surface area contributed by atoms with Crippen molar-refractivity contribution in [3.05, 3.63) is 64.2 Å². The van der Waals surface area contributed by atoms with Crippen molar-refractivity contribution in [3.63, 3.8) is 0 Å². The number of halogens is 2. The Morgan fingerprint density at radius 3 is 2.16 bits per heavy atom. The number of hydrogen-bond acceptors (Lipinski definition) is 1. The highest BCUT2D eigenvalue weighted by Crippen LogP contribution is 2.38. The molecule has 0 spiro atoms. The number of benzene rings is 2. The summed E-state index contributed by atoms with van der Waals surface area (Å²) >= 11 is 0. The molecule has 0 atom stereocenters. The van der Waals surface area contributed by atoms with Crippen LogP contribution in [0, 0.1) is 20.8 Å². The first-order valence-electron chi connectivity index (χ1n) is 6.14. The van der Waals surface area contributed by atoms with Crippen LogP contribution in [0.5, 0.6) is 0 Å². The standard InChI is InChI=1S/C16H17F2N/c1-10-7-12(3)15(8-11(10)2)16(17,18)13-5-4-6-14(19)9-13/h4-9H,19H2,1-3H3. The van der Waals surface area contributed by atoms with Crippen LogP contribution in [0.2, 0.25) is 0 Å². The van der Waals surface area contributed by atoms with Crippen molar-refractivity contribution in [2.24, 2.45) is 0 Å². The highest BCUT2D eigenvalue weighted by molar-refractivity contribution is 5.48. The van der Waals surface area contributed by atoms with Crippen molar-refractivity contribution in [2.45, 2.75) is 26.7 Å². The molecule has 2 aromatic carbocycles. The number of nitrogens with two attached hydrogens (primary N) is 1. The van der Waals surface area contributed by atoms with E-state index in [2.05, 4.69) is 0 Å². The molecule has 0 aromatic heterocycles. The molecule has 0 aliphatic rings. The zero-order valence-corrected chi connectivity index (χ0v) is 11.3. The van der Waals surface area contributed by atoms with Crippen LogP contribution in [-0.2, 0) is 5.92 Å². The molecule has 1 nitrogen and oxygen atoms in total. The van der Waals surface area contributed by atoms with E-state index >= 15 is 0 Å². The maximum Gasteiger partial charge on any atom is 0.298 e. The SMILES string of the molecule is Cc1cc(C)c(C(F)(F)c2cccc(N)c2)cc1C. The molecule has 100 valence electrons. The van der Waals surface area contributed by atoms with Crippen molar-refractivity contribution in [1.29, 1.82) is 0 Å². The second-order valence-corrected chi connectivity index (χ2v) is 4.95. The van der Waals surface area contributed by atoms with Gasteiger partial charge in [-0.3, -0.25) is 0 Å². The average Bonchev–Trinajstić information content (AvgIpc) is 2.33. The number of rotatable bonds is 2. The van der Waals surface area contributed by atoms with E-state index in [1.165, 1.54) is 12.1 Å². The predicted molar refractivity (Wildman–Crippen MR) is 74.5 cm³/mol. The summed E-state index contributed by atoms with van der Waals surface area (Å²) in [6.45, 7) is 5.47. The predicted octanol–water partition coefficient (Wildman–Crippen LogP) is 4.33. The van der Waals surface area contributed by atoms with Gasteiger partial charge in [-0.1, -0.05) is 18.2 Å². The smallest absolute Gasteiger partial charge is 0.298 e. The van der Waals surface area contributed by atoms with Gasteiger partial charge in [0, 0.05) is 16.8 Å². The maximum absolute atomic E-state index is 14.6. The molecule has 0 amide bonds. The van der Waals surface area contributed by atoms with Crippen LogP contribution in [-0.4, -0.2) is 0 Å². The fraction of sp³-hybridized carbons (Fsp3) is 0.250. The van der Waals surface area contributed by atoms with Crippen LogP contribution < -0.4 is 5.73 Å². The highest BCUT2D eigenvalue weighted by atomic mass is 19.3. The summed E-state index contributed by atoms with van der Waals surface area (Å²) in [6, 6.07) is 9.25. The van der Waals surface area contributed by atoms with Gasteiger partial charge in [0.25, 0.3) is 5.92 Å². The maximum atomic E-state index is 14.6. The van der Waals surface area contributed by atoms with Crippen LogP contribution in [0.1, 0.15) is 27.8 Å². The molecule has 0 saturated carbocycles. The van der Waals surface area contributed by atoms with E-state index in [0.29, 0.717) is 11.3 Å². The largest absolute Gasteiger partial charge is 0.399 e. The Kier molecular flexibility index (Phi) is 3.31. The molecule has 0 fully saturated rings. The molecule has 2 N–H and O–H groups in total. The van der Waals surface area contributed by atoms with E-state index in [1.807, 2.05) is 13.8 Å². The number of anilines is 1. The van der Waals surface area contributed by atoms with E-state index in [-0.39, 0.29) is 11.1 Å². The quantitative estimate of drug-likeness (QED) is 0.800. The fourth-order valence-electron chi connectivity index (χ4n) is 2.19. The zero-order chi connectivity index (χ0) is 14.2. The van der Waals surface area contributed by atoms with Crippen molar-refractivity contribution in [1.82, 2.24) is 0 Å². The van der Waals surface area contributed by atoms with E-state index in [9.17, 15) is 8.78 Å². The molecular formula is C16H17F2N. The van der Waals surface area contributed by atoms with Crippen molar-refractivity contribution >= 4 is 5.69 Å². The van der Waals surface area contributed by atoms with Crippen LogP contribution in [0.25, 0.3) is 0 Å². The summed E-state index contributed by atoms with van der Waals surface area (Å²) in [4.78, 5) is 0. The van der Waals surface area contributed by atoms with E-state index in [4.69, 9.17) is 5.73 Å². The second kappa shape index (κ2) is 4.65. The molecule has 2 aromatic rings. The monoisotopic (exact) mass is 261 g/mol. The Morgan fingerprint density at radius 2 is 1.53 bits per heavy atom. The van der Waals surface area contributed by atoms with Crippen molar-refractivity contribution < 1.29 is 8.78 Å². The van der Waals surface area contributed by atoms with Gasteiger partial charge in [-0.2, -0.15) is 8.78 Å². The fourth-order valence-corrected chi connectivity index (χ4v) is 2.19. The third kappa shape index (κ3) is 2.46. The lowest BCUT2D eigenvalue weighted by molar-refractivity contribution is 0.0421. The van der Waals surface area contributed by atoms with Gasteiger partial charge in [0.15, 0.2) is 0 Å². The molecule has 0 aliphatic carbocycles. The van der Waals surface area contributed by atoms with Gasteiger partial charge in [-0.25, -0.2) is 0 Å². The first-order valence-corrected chi connectivity index (χ1v) is 6.14. The number of aryl methyl sites for hydroxylation is 3. The zero-order valence-electron chi connectivity index (χ0n) is 11.3. The van der Waals surface area contributed by atoms with Gasteiger partial charge in [-0.05, 0) is 55.7 Å². The average molecular weight is 261 g/mol. The van der Waals surface area contributed by atoms with Gasteiger partial charge in [0.1, 0.15) is 0 Å². The Bertz CT molecular complexity index is 618. The summed E-state index contributed by atoms with van der Waals surface area (Å²) in [7, 11) is 0. The van der Waals surface area contributed by atoms with E-state index < -0.39 is 5.92 Å². The number of alkyl halides is 2. The van der Waals surface area contributed by atoms with Gasteiger partial charge in [0.2, 0.25) is 0 Å². The summed E-state index contributed by atoms with van der Waals surface area (Å²) < 4.78 is 29.2. The van der Waals surface area contributed by atoms with Crippen LogP contribution >= 0.6 is 0 Å². The van der Waals surface area contributed by atoms with Gasteiger partial charge in [-0.15, -0.1) is 0 Å². The third-order valence-corrected chi connectivity index (χ3v) is 3.43. The van der Waals surface area contributed by atoms with Crippen molar-refractivity contribution in [3.8, 4) is 0 Å². The van der Waals surface area contributed by atoms with Crippen molar-refractivity contribution in [2.75, 3.05) is 5.73 Å². The summed E-state index contributed by atoms with van der Waals surface area (Å²) in [5.74, 6) is -3.03. The first kappa shape index (κ1) is 13.5. The minimum Gasteiger partial charge on any atom is -0.399 e. The molecule has 3 heteroatoms. The Hall–Kier alpha value is -1.90. The van der Waals surface area contributed by atoms with Crippen LogP contribution in [0.3, 0.4) is 0 Å². The number of nitrogen functional groups attached to an aromatic ring is 1. The molecule has 0 heterocycles. The molecule has 0 radical (unpaired) electrons. The molecule has 2 rings (SSSR count). The lowest BCUT2D eigenvalue weighted by Gasteiger charge is -2.21. The molecule has 0 unspecified atom stereocenters. The minimum atomic E-state index is -3.03. The van der Waals surface area contributed by atoms with E-state index in [1.54, 1.807) is 31.2 Å². The van der Waals surface area contributed by atoms with E-state index in [0.717, 1.165) is 11.1 Å². The van der Waals surface area contributed by atoms with Gasteiger partial charge < -0.3 is 5.73 Å². The molecule has 0 saturated heterocycles. The third-order valence-electron chi connectivity index (χ3n) is 3.43. The summed E-state index contributed by atoms with van der Waals surface area (Å²) in [5.41, 5.74) is 8.39. The minimum absolute atomic E-state index is 0.0428. The summed E-state index contributed by atoms with van der Waals surface area (Å²) in [5, 5.41) is 0. The lowest BCUT2D eigenvalue weighted by Crippen LogP contribution is -2.17. The van der Waals surface area contributed by atoms with Crippen LogP contribution in [0.15, 0.2) is 36.4 Å². The number of hydrogen-bond donors (Lipinski definition) is 1. The molecular weight excluding hydrogens is 244 g/mol. The highest BCUT2D eigenvalue weighted by Gasteiger charge is 2.35. The lowest BCUT2D eigenvalue weighted by atomic mass is 9.92. The first-order chi connectivity index (χ1) is 8.82. The molecule has 0 aliphatic heterocycles. The Balaban J connectivity index is 2.59. The van der Waals surface area contributed by atoms with Gasteiger partial charge >= 0.3 is 0 Å².